The minimum atomic E-state index is -1.43. The Hall–Kier alpha value is -3.25. The Morgan fingerprint density at radius 2 is 1.65 bits per heavy atom. The highest BCUT2D eigenvalue weighted by atomic mass is 16.4. The first-order valence-corrected chi connectivity index (χ1v) is 8.15. The molecule has 0 aliphatic rings. The Bertz CT molecular complexity index is 927. The van der Waals surface area contributed by atoms with Crippen molar-refractivity contribution >= 4 is 22.8 Å². The second kappa shape index (κ2) is 7.76. The van der Waals surface area contributed by atoms with Crippen molar-refractivity contribution in [2.24, 2.45) is 0 Å². The van der Waals surface area contributed by atoms with E-state index in [4.69, 9.17) is 0 Å². The molecule has 0 bridgehead atoms. The monoisotopic (exact) mass is 350 g/mol. The van der Waals surface area contributed by atoms with Gasteiger partial charge in [-0.2, -0.15) is 0 Å². The first-order chi connectivity index (χ1) is 12.5. The van der Waals surface area contributed by atoms with Gasteiger partial charge in [0.15, 0.2) is 6.10 Å². The summed E-state index contributed by atoms with van der Waals surface area (Å²) in [5.74, 6) is -1.95. The van der Waals surface area contributed by atoms with E-state index in [1.807, 2.05) is 30.3 Å². The van der Waals surface area contributed by atoms with E-state index >= 15 is 0 Å². The van der Waals surface area contributed by atoms with Crippen LogP contribution in [0.15, 0.2) is 66.7 Å². The third-order valence-corrected chi connectivity index (χ3v) is 4.05. The smallest absolute Gasteiger partial charge is 0.326 e. The van der Waals surface area contributed by atoms with Gasteiger partial charge in [0.2, 0.25) is 0 Å². The molecule has 3 rings (SSSR count). The lowest BCUT2D eigenvalue weighted by atomic mass is 10.1. The number of carbonyl (C=O) groups is 2. The number of aliphatic hydroxyl groups is 1. The number of pyridine rings is 1. The first kappa shape index (κ1) is 17.6. The normalized spacial score (nSPS) is 13.1. The van der Waals surface area contributed by atoms with Gasteiger partial charge in [-0.05, 0) is 17.7 Å². The molecule has 0 spiro atoms. The van der Waals surface area contributed by atoms with Crippen LogP contribution in [0.25, 0.3) is 10.9 Å². The maximum absolute atomic E-state index is 12.2. The SMILES string of the molecule is O=C(N[C@H](Cc1ccc2ccccc2n1)C(=O)O)[C@@H](O)c1ccccc1. The Morgan fingerprint density at radius 1 is 0.962 bits per heavy atom. The molecule has 0 saturated heterocycles. The number of carboxylic acid groups (broad SMARTS) is 1. The molecule has 2 aromatic carbocycles. The molecule has 6 heteroatoms. The van der Waals surface area contributed by atoms with Crippen LogP contribution in [0.4, 0.5) is 0 Å². The van der Waals surface area contributed by atoms with E-state index in [0.717, 1.165) is 10.9 Å². The van der Waals surface area contributed by atoms with Crippen molar-refractivity contribution in [3.05, 3.63) is 78.0 Å². The fraction of sp³-hybridized carbons (Fsp3) is 0.150. The molecule has 2 atom stereocenters. The molecular formula is C20H18N2O4. The van der Waals surface area contributed by atoms with E-state index in [-0.39, 0.29) is 6.42 Å². The van der Waals surface area contributed by atoms with Gasteiger partial charge in [-0.3, -0.25) is 9.78 Å². The van der Waals surface area contributed by atoms with Gasteiger partial charge in [0.1, 0.15) is 6.04 Å². The first-order valence-electron chi connectivity index (χ1n) is 8.15. The van der Waals surface area contributed by atoms with E-state index in [1.54, 1.807) is 36.4 Å². The van der Waals surface area contributed by atoms with Crippen molar-refractivity contribution in [1.29, 1.82) is 0 Å². The molecule has 1 amide bonds. The van der Waals surface area contributed by atoms with Crippen molar-refractivity contribution in [3.63, 3.8) is 0 Å². The molecule has 3 aromatic rings. The molecule has 0 unspecified atom stereocenters. The Kier molecular flexibility index (Phi) is 5.24. The number of aliphatic carboxylic acids is 1. The van der Waals surface area contributed by atoms with Crippen LogP contribution in [0.1, 0.15) is 17.4 Å². The topological polar surface area (TPSA) is 99.5 Å². The van der Waals surface area contributed by atoms with Gasteiger partial charge in [-0.1, -0.05) is 54.6 Å². The lowest BCUT2D eigenvalue weighted by Gasteiger charge is -2.17. The van der Waals surface area contributed by atoms with E-state index < -0.39 is 24.0 Å². The van der Waals surface area contributed by atoms with Crippen molar-refractivity contribution in [2.45, 2.75) is 18.6 Å². The fourth-order valence-electron chi connectivity index (χ4n) is 2.67. The summed E-state index contributed by atoms with van der Waals surface area (Å²) in [7, 11) is 0. The lowest BCUT2D eigenvalue weighted by molar-refractivity contribution is -0.143. The molecule has 0 aliphatic carbocycles. The molecular weight excluding hydrogens is 332 g/mol. The van der Waals surface area contributed by atoms with Crippen molar-refractivity contribution in [2.75, 3.05) is 0 Å². The Balaban J connectivity index is 1.74. The summed E-state index contributed by atoms with van der Waals surface area (Å²) in [5, 5.41) is 22.9. The highest BCUT2D eigenvalue weighted by molar-refractivity contribution is 5.87. The van der Waals surface area contributed by atoms with Crippen LogP contribution in [-0.4, -0.2) is 33.1 Å². The summed E-state index contributed by atoms with van der Waals surface area (Å²) in [6.45, 7) is 0. The zero-order valence-electron chi connectivity index (χ0n) is 13.9. The number of amides is 1. The molecule has 0 saturated carbocycles. The molecule has 3 N–H and O–H groups in total. The molecule has 132 valence electrons. The number of para-hydroxylation sites is 1. The quantitative estimate of drug-likeness (QED) is 0.632. The summed E-state index contributed by atoms with van der Waals surface area (Å²) >= 11 is 0. The van der Waals surface area contributed by atoms with Crippen molar-refractivity contribution in [1.82, 2.24) is 10.3 Å². The number of nitrogens with one attached hydrogen (secondary N) is 1. The second-order valence-electron chi connectivity index (χ2n) is 5.91. The van der Waals surface area contributed by atoms with Gasteiger partial charge in [-0.25, -0.2) is 4.79 Å². The Labute approximate surface area is 150 Å². The number of fused-ring (bicyclic) bond motifs is 1. The number of rotatable bonds is 6. The minimum absolute atomic E-state index is 0.0212. The number of carbonyl (C=O) groups excluding carboxylic acids is 1. The number of hydrogen-bond acceptors (Lipinski definition) is 4. The van der Waals surface area contributed by atoms with E-state index in [2.05, 4.69) is 10.3 Å². The van der Waals surface area contributed by atoms with Crippen LogP contribution >= 0.6 is 0 Å². The average Bonchev–Trinajstić information content (AvgIpc) is 2.67. The zero-order valence-corrected chi connectivity index (χ0v) is 13.9. The van der Waals surface area contributed by atoms with Gasteiger partial charge in [0.25, 0.3) is 5.91 Å². The molecule has 6 nitrogen and oxygen atoms in total. The standard InChI is InChI=1S/C20H18N2O4/c23-18(14-7-2-1-3-8-14)19(24)22-17(20(25)26)12-15-11-10-13-6-4-5-9-16(13)21-15/h1-11,17-18,23H,12H2,(H,22,24)(H,25,26)/t17-,18+/m1/s1. The summed E-state index contributed by atoms with van der Waals surface area (Å²) in [4.78, 5) is 28.2. The van der Waals surface area contributed by atoms with Crippen LogP contribution in [0.3, 0.4) is 0 Å². The number of hydrogen-bond donors (Lipinski definition) is 3. The molecule has 26 heavy (non-hydrogen) atoms. The highest BCUT2D eigenvalue weighted by Crippen LogP contribution is 2.15. The largest absolute Gasteiger partial charge is 0.480 e. The minimum Gasteiger partial charge on any atom is -0.480 e. The molecule has 0 fully saturated rings. The van der Waals surface area contributed by atoms with Crippen LogP contribution < -0.4 is 5.32 Å². The third kappa shape index (κ3) is 4.04. The molecule has 1 heterocycles. The van der Waals surface area contributed by atoms with Gasteiger partial charge in [0, 0.05) is 17.5 Å². The van der Waals surface area contributed by atoms with Gasteiger partial charge in [-0.15, -0.1) is 0 Å². The lowest BCUT2D eigenvalue weighted by Crippen LogP contribution is -2.44. The van der Waals surface area contributed by atoms with Crippen molar-refractivity contribution < 1.29 is 19.8 Å². The molecule has 0 radical (unpaired) electrons. The Morgan fingerprint density at radius 3 is 2.38 bits per heavy atom. The average molecular weight is 350 g/mol. The summed E-state index contributed by atoms with van der Waals surface area (Å²) in [6.07, 6.45) is -1.41. The van der Waals surface area contributed by atoms with Gasteiger partial charge < -0.3 is 15.5 Å². The number of aromatic nitrogens is 1. The number of carboxylic acids is 1. The number of nitrogens with zero attached hydrogens (tertiary/aromatic N) is 1. The fourth-order valence-corrected chi connectivity index (χ4v) is 2.67. The van der Waals surface area contributed by atoms with E-state index in [1.165, 1.54) is 0 Å². The third-order valence-electron chi connectivity index (χ3n) is 4.05. The van der Waals surface area contributed by atoms with Crippen LogP contribution in [-0.2, 0) is 16.0 Å². The highest BCUT2D eigenvalue weighted by Gasteiger charge is 2.25. The molecule has 0 aliphatic heterocycles. The molecule has 1 aromatic heterocycles. The van der Waals surface area contributed by atoms with Gasteiger partial charge in [0.05, 0.1) is 5.52 Å². The van der Waals surface area contributed by atoms with E-state index in [9.17, 15) is 19.8 Å². The van der Waals surface area contributed by atoms with Crippen LogP contribution in [0.5, 0.6) is 0 Å². The van der Waals surface area contributed by atoms with Gasteiger partial charge >= 0.3 is 5.97 Å². The predicted molar refractivity (Wildman–Crippen MR) is 96.4 cm³/mol. The maximum Gasteiger partial charge on any atom is 0.326 e. The summed E-state index contributed by atoms with van der Waals surface area (Å²) in [6, 6.07) is 18.3. The van der Waals surface area contributed by atoms with Crippen LogP contribution in [0.2, 0.25) is 0 Å². The maximum atomic E-state index is 12.2. The second-order valence-corrected chi connectivity index (χ2v) is 5.91. The number of aliphatic hydroxyl groups excluding tert-OH is 1. The van der Waals surface area contributed by atoms with Crippen LogP contribution in [0, 0.1) is 0 Å². The summed E-state index contributed by atoms with van der Waals surface area (Å²) in [5.41, 5.74) is 1.70. The summed E-state index contributed by atoms with van der Waals surface area (Å²) < 4.78 is 0. The predicted octanol–water partition coefficient (Wildman–Crippen LogP) is 2.08. The number of benzene rings is 2. The van der Waals surface area contributed by atoms with Crippen molar-refractivity contribution in [3.8, 4) is 0 Å². The zero-order chi connectivity index (χ0) is 18.5. The van der Waals surface area contributed by atoms with E-state index in [0.29, 0.717) is 11.3 Å².